The molecular weight excluding hydrogens is 214 g/mol. The van der Waals surface area contributed by atoms with Crippen molar-refractivity contribution in [1.82, 2.24) is 4.98 Å². The minimum absolute atomic E-state index is 0.0770. The molecule has 4 nitrogen and oxygen atoms in total. The van der Waals surface area contributed by atoms with Gasteiger partial charge in [0, 0.05) is 24.4 Å². The summed E-state index contributed by atoms with van der Waals surface area (Å²) in [7, 11) is 0. The molecule has 4 heteroatoms. The van der Waals surface area contributed by atoms with Gasteiger partial charge < -0.3 is 16.2 Å². The van der Waals surface area contributed by atoms with E-state index in [-0.39, 0.29) is 12.1 Å². The molecule has 2 heterocycles. The number of aryl methyl sites for hydroxylation is 1. The topological polar surface area (TPSA) is 74.2 Å². The van der Waals surface area contributed by atoms with Crippen LogP contribution in [0, 0.1) is 6.92 Å². The number of anilines is 1. The number of nitrogens with zero attached hydrogens (tertiary/aromatic N) is 1. The van der Waals surface area contributed by atoms with E-state index < -0.39 is 0 Å². The van der Waals surface area contributed by atoms with Crippen molar-refractivity contribution < 1.29 is 4.74 Å². The Kier molecular flexibility index (Phi) is 3.97. The Morgan fingerprint density at radius 1 is 1.53 bits per heavy atom. The van der Waals surface area contributed by atoms with Gasteiger partial charge in [-0.2, -0.15) is 0 Å². The molecule has 94 valence electrons. The van der Waals surface area contributed by atoms with Crippen LogP contribution in [0.3, 0.4) is 0 Å². The van der Waals surface area contributed by atoms with E-state index >= 15 is 0 Å². The number of hydrogen-bond acceptors (Lipinski definition) is 4. The zero-order chi connectivity index (χ0) is 12.3. The smallest absolute Gasteiger partial charge is 0.128 e. The van der Waals surface area contributed by atoms with E-state index in [1.54, 1.807) is 6.20 Å². The number of ether oxygens (including phenoxy) is 1. The SMILES string of the molecule is Cc1ccnc(N)c1C(N)CC1CCCCO1. The summed E-state index contributed by atoms with van der Waals surface area (Å²) >= 11 is 0. The van der Waals surface area contributed by atoms with E-state index in [2.05, 4.69) is 4.98 Å². The normalized spacial score (nSPS) is 22.4. The second-order valence-electron chi connectivity index (χ2n) is 4.76. The molecule has 2 rings (SSSR count). The van der Waals surface area contributed by atoms with E-state index in [0.29, 0.717) is 5.82 Å². The van der Waals surface area contributed by atoms with Crippen LogP contribution in [0.15, 0.2) is 12.3 Å². The van der Waals surface area contributed by atoms with Crippen molar-refractivity contribution in [3.63, 3.8) is 0 Å². The van der Waals surface area contributed by atoms with Gasteiger partial charge in [-0.05, 0) is 44.2 Å². The van der Waals surface area contributed by atoms with Gasteiger partial charge in [0.2, 0.25) is 0 Å². The number of hydrogen-bond donors (Lipinski definition) is 2. The summed E-state index contributed by atoms with van der Waals surface area (Å²) in [5.74, 6) is 0.549. The predicted octanol–water partition coefficient (Wildman–Crippen LogP) is 1.93. The Morgan fingerprint density at radius 3 is 3.00 bits per heavy atom. The molecule has 0 aliphatic carbocycles. The van der Waals surface area contributed by atoms with E-state index in [1.807, 2.05) is 13.0 Å². The molecule has 0 amide bonds. The van der Waals surface area contributed by atoms with Crippen LogP contribution in [0.25, 0.3) is 0 Å². The Balaban J connectivity index is 2.05. The highest BCUT2D eigenvalue weighted by Gasteiger charge is 2.21. The fourth-order valence-corrected chi connectivity index (χ4v) is 2.47. The zero-order valence-corrected chi connectivity index (χ0v) is 10.4. The molecule has 1 aliphatic heterocycles. The Labute approximate surface area is 102 Å². The Morgan fingerprint density at radius 2 is 2.35 bits per heavy atom. The molecule has 1 saturated heterocycles. The van der Waals surface area contributed by atoms with Gasteiger partial charge in [0.1, 0.15) is 5.82 Å². The van der Waals surface area contributed by atoms with Crippen LogP contribution in [-0.2, 0) is 4.74 Å². The highest BCUT2D eigenvalue weighted by atomic mass is 16.5. The summed E-state index contributed by atoms with van der Waals surface area (Å²) in [6.45, 7) is 2.88. The van der Waals surface area contributed by atoms with Gasteiger partial charge in [0.15, 0.2) is 0 Å². The van der Waals surface area contributed by atoms with Gasteiger partial charge in [0.05, 0.1) is 6.10 Å². The second-order valence-corrected chi connectivity index (χ2v) is 4.76. The van der Waals surface area contributed by atoms with E-state index in [4.69, 9.17) is 16.2 Å². The average Bonchev–Trinajstić information content (AvgIpc) is 2.30. The summed E-state index contributed by atoms with van der Waals surface area (Å²) in [5.41, 5.74) is 14.2. The third-order valence-corrected chi connectivity index (χ3v) is 3.40. The largest absolute Gasteiger partial charge is 0.383 e. The number of pyridine rings is 1. The fraction of sp³-hybridized carbons (Fsp3) is 0.615. The zero-order valence-electron chi connectivity index (χ0n) is 10.4. The lowest BCUT2D eigenvalue weighted by Gasteiger charge is -2.26. The standard InChI is InChI=1S/C13H21N3O/c1-9-5-6-16-13(15)12(9)11(14)8-10-4-2-3-7-17-10/h5-6,10-11H,2-4,7-8,14H2,1H3,(H2,15,16). The quantitative estimate of drug-likeness (QED) is 0.839. The minimum Gasteiger partial charge on any atom is -0.383 e. The predicted molar refractivity (Wildman–Crippen MR) is 68.5 cm³/mol. The van der Waals surface area contributed by atoms with Gasteiger partial charge in [-0.3, -0.25) is 0 Å². The van der Waals surface area contributed by atoms with Gasteiger partial charge in [-0.15, -0.1) is 0 Å². The lowest BCUT2D eigenvalue weighted by atomic mass is 9.95. The van der Waals surface area contributed by atoms with Crippen LogP contribution in [0.4, 0.5) is 5.82 Å². The first-order valence-corrected chi connectivity index (χ1v) is 6.26. The molecule has 17 heavy (non-hydrogen) atoms. The molecule has 1 aromatic rings. The molecule has 0 radical (unpaired) electrons. The fourth-order valence-electron chi connectivity index (χ4n) is 2.47. The van der Waals surface area contributed by atoms with E-state index in [0.717, 1.165) is 30.6 Å². The van der Waals surface area contributed by atoms with Crippen molar-refractivity contribution in [3.8, 4) is 0 Å². The maximum Gasteiger partial charge on any atom is 0.128 e. The summed E-state index contributed by atoms with van der Waals surface area (Å²) in [5, 5.41) is 0. The number of aromatic nitrogens is 1. The Bertz CT molecular complexity index is 355. The molecule has 2 atom stereocenters. The molecule has 0 aromatic carbocycles. The van der Waals surface area contributed by atoms with Crippen LogP contribution < -0.4 is 11.5 Å². The van der Waals surface area contributed by atoms with Crippen molar-refractivity contribution >= 4 is 5.82 Å². The minimum atomic E-state index is -0.0770. The van der Waals surface area contributed by atoms with Crippen LogP contribution in [0.5, 0.6) is 0 Å². The first-order chi connectivity index (χ1) is 8.18. The van der Waals surface area contributed by atoms with Crippen molar-refractivity contribution in [2.75, 3.05) is 12.3 Å². The molecule has 1 aromatic heterocycles. The number of nitrogens with two attached hydrogens (primary N) is 2. The molecule has 0 bridgehead atoms. The summed E-state index contributed by atoms with van der Waals surface area (Å²) in [6, 6.07) is 1.87. The molecule has 0 spiro atoms. The molecule has 4 N–H and O–H groups in total. The lowest BCUT2D eigenvalue weighted by molar-refractivity contribution is 0.00730. The highest BCUT2D eigenvalue weighted by Crippen LogP contribution is 2.27. The number of rotatable bonds is 3. The summed E-state index contributed by atoms with van der Waals surface area (Å²) in [6.07, 6.45) is 6.33. The first kappa shape index (κ1) is 12.3. The molecular formula is C13H21N3O. The van der Waals surface area contributed by atoms with Crippen molar-refractivity contribution in [3.05, 3.63) is 23.4 Å². The number of nitrogen functional groups attached to an aromatic ring is 1. The van der Waals surface area contributed by atoms with Crippen molar-refractivity contribution in [1.29, 1.82) is 0 Å². The van der Waals surface area contributed by atoms with Crippen LogP contribution in [0.2, 0.25) is 0 Å². The summed E-state index contributed by atoms with van der Waals surface area (Å²) < 4.78 is 5.71. The molecule has 1 aliphatic rings. The average molecular weight is 235 g/mol. The van der Waals surface area contributed by atoms with Crippen LogP contribution >= 0.6 is 0 Å². The Hall–Kier alpha value is -1.13. The maximum absolute atomic E-state index is 6.23. The van der Waals surface area contributed by atoms with Gasteiger partial charge in [-0.25, -0.2) is 4.98 Å². The van der Waals surface area contributed by atoms with Crippen molar-refractivity contribution in [2.45, 2.75) is 44.8 Å². The third-order valence-electron chi connectivity index (χ3n) is 3.40. The second kappa shape index (κ2) is 5.47. The van der Waals surface area contributed by atoms with E-state index in [9.17, 15) is 0 Å². The summed E-state index contributed by atoms with van der Waals surface area (Å²) in [4.78, 5) is 4.11. The first-order valence-electron chi connectivity index (χ1n) is 6.26. The van der Waals surface area contributed by atoms with Crippen molar-refractivity contribution in [2.24, 2.45) is 5.73 Å². The van der Waals surface area contributed by atoms with Gasteiger partial charge in [0.25, 0.3) is 0 Å². The molecule has 1 fully saturated rings. The highest BCUT2D eigenvalue weighted by molar-refractivity contribution is 5.45. The van der Waals surface area contributed by atoms with Crippen LogP contribution in [-0.4, -0.2) is 17.7 Å². The monoisotopic (exact) mass is 235 g/mol. The van der Waals surface area contributed by atoms with E-state index in [1.165, 1.54) is 12.8 Å². The molecule has 2 unspecified atom stereocenters. The maximum atomic E-state index is 6.23. The molecule has 0 saturated carbocycles. The van der Waals surface area contributed by atoms with Gasteiger partial charge >= 0.3 is 0 Å². The third kappa shape index (κ3) is 2.96. The lowest BCUT2D eigenvalue weighted by Crippen LogP contribution is -2.26. The van der Waals surface area contributed by atoms with Crippen LogP contribution in [0.1, 0.15) is 42.9 Å². The van der Waals surface area contributed by atoms with Gasteiger partial charge in [-0.1, -0.05) is 0 Å².